The van der Waals surface area contributed by atoms with E-state index < -0.39 is 0 Å². The van der Waals surface area contributed by atoms with Gasteiger partial charge in [0.2, 0.25) is 0 Å². The van der Waals surface area contributed by atoms with Crippen molar-refractivity contribution in [3.8, 4) is 5.75 Å². The number of carbonyl (C=O) groups excluding carboxylic acids is 1. The molecule has 0 radical (unpaired) electrons. The minimum Gasteiger partial charge on any atom is -0.487 e. The van der Waals surface area contributed by atoms with Crippen LogP contribution in [0.15, 0.2) is 54.9 Å². The Hall–Kier alpha value is -2.28. The molecule has 29 heavy (non-hydrogen) atoms. The van der Waals surface area contributed by atoms with Gasteiger partial charge in [-0.05, 0) is 55.6 Å². The first-order valence-electron chi connectivity index (χ1n) is 9.38. The maximum Gasteiger partial charge on any atom is 0.253 e. The number of halogens is 2. The Balaban J connectivity index is 0.00000150. The lowest BCUT2D eigenvalue weighted by Gasteiger charge is -2.31. The predicted molar refractivity (Wildman–Crippen MR) is 118 cm³/mol. The highest BCUT2D eigenvalue weighted by Crippen LogP contribution is 2.21. The molecule has 1 amide bonds. The minimum absolute atomic E-state index is 0. The molecule has 0 spiro atoms. The maximum atomic E-state index is 12.8. The second-order valence-electron chi connectivity index (χ2n) is 6.99. The van der Waals surface area contributed by atoms with E-state index in [2.05, 4.69) is 4.98 Å². The van der Waals surface area contributed by atoms with Gasteiger partial charge < -0.3 is 19.8 Å². The van der Waals surface area contributed by atoms with Crippen LogP contribution in [0.3, 0.4) is 0 Å². The summed E-state index contributed by atoms with van der Waals surface area (Å²) in [6.45, 7) is 2.61. The van der Waals surface area contributed by atoms with E-state index in [4.69, 9.17) is 10.5 Å². The third-order valence-electron chi connectivity index (χ3n) is 5.12. The van der Waals surface area contributed by atoms with Crippen LogP contribution in [0.4, 0.5) is 0 Å². The molecule has 3 aromatic rings. The van der Waals surface area contributed by atoms with Crippen LogP contribution in [0.2, 0.25) is 0 Å². The first kappa shape index (κ1) is 23.0. The Morgan fingerprint density at radius 1 is 1.14 bits per heavy atom. The van der Waals surface area contributed by atoms with Crippen molar-refractivity contribution in [3.05, 3.63) is 66.1 Å². The highest BCUT2D eigenvalue weighted by Gasteiger charge is 2.23. The van der Waals surface area contributed by atoms with Crippen LogP contribution in [0.5, 0.6) is 5.75 Å². The molecule has 2 aromatic heterocycles. The van der Waals surface area contributed by atoms with Crippen molar-refractivity contribution in [3.63, 3.8) is 0 Å². The van der Waals surface area contributed by atoms with Gasteiger partial charge in [-0.25, -0.2) is 4.98 Å². The van der Waals surface area contributed by atoms with Crippen molar-refractivity contribution in [1.29, 1.82) is 0 Å². The van der Waals surface area contributed by atoms with E-state index in [0.29, 0.717) is 30.4 Å². The summed E-state index contributed by atoms with van der Waals surface area (Å²) in [5.74, 6) is 1.27. The lowest BCUT2D eigenvalue weighted by Crippen LogP contribution is -2.40. The molecule has 1 aliphatic rings. The number of likely N-dealkylation sites (tertiary alicyclic amines) is 1. The van der Waals surface area contributed by atoms with Gasteiger partial charge in [0.15, 0.2) is 0 Å². The third-order valence-corrected chi connectivity index (χ3v) is 5.12. The number of rotatable bonds is 5. The number of imidazole rings is 1. The van der Waals surface area contributed by atoms with Gasteiger partial charge in [-0.1, -0.05) is 12.1 Å². The fourth-order valence-corrected chi connectivity index (χ4v) is 3.49. The number of hydrogen-bond donors (Lipinski definition) is 1. The first-order valence-corrected chi connectivity index (χ1v) is 9.38. The largest absolute Gasteiger partial charge is 0.487 e. The van der Waals surface area contributed by atoms with Crippen molar-refractivity contribution in [2.45, 2.75) is 19.4 Å². The zero-order valence-corrected chi connectivity index (χ0v) is 17.7. The molecule has 4 rings (SSSR count). The number of hydrogen-bond acceptors (Lipinski definition) is 4. The summed E-state index contributed by atoms with van der Waals surface area (Å²) >= 11 is 0. The summed E-state index contributed by atoms with van der Waals surface area (Å²) in [6.07, 6.45) is 5.86. The number of fused-ring (bicyclic) bond motifs is 1. The third kappa shape index (κ3) is 5.41. The summed E-state index contributed by atoms with van der Waals surface area (Å²) in [5, 5.41) is 0. The molecule has 6 nitrogen and oxygen atoms in total. The average Bonchev–Trinajstić information content (AvgIpc) is 3.15. The number of piperidine rings is 1. The van der Waals surface area contributed by atoms with E-state index in [1.54, 1.807) is 0 Å². The van der Waals surface area contributed by atoms with Gasteiger partial charge in [-0.15, -0.1) is 24.8 Å². The number of aromatic nitrogens is 2. The van der Waals surface area contributed by atoms with E-state index in [9.17, 15) is 4.79 Å². The quantitative estimate of drug-likeness (QED) is 0.663. The van der Waals surface area contributed by atoms with Crippen LogP contribution < -0.4 is 10.5 Å². The molecular formula is C21H26Cl2N4O2. The van der Waals surface area contributed by atoms with Gasteiger partial charge in [-0.2, -0.15) is 0 Å². The van der Waals surface area contributed by atoms with E-state index in [1.165, 1.54) is 0 Å². The predicted octanol–water partition coefficient (Wildman–Crippen LogP) is 3.57. The molecule has 1 aromatic carbocycles. The van der Waals surface area contributed by atoms with E-state index in [0.717, 1.165) is 37.3 Å². The van der Waals surface area contributed by atoms with Gasteiger partial charge in [0.1, 0.15) is 18.0 Å². The number of ether oxygens (including phenoxy) is 1. The monoisotopic (exact) mass is 436 g/mol. The molecule has 1 aliphatic heterocycles. The summed E-state index contributed by atoms with van der Waals surface area (Å²) in [6, 6.07) is 13.3. The van der Waals surface area contributed by atoms with E-state index in [-0.39, 0.29) is 30.7 Å². The lowest BCUT2D eigenvalue weighted by molar-refractivity contribution is 0.0693. The molecule has 2 N–H and O–H groups in total. The lowest BCUT2D eigenvalue weighted by atomic mass is 9.96. The topological polar surface area (TPSA) is 72.9 Å². The van der Waals surface area contributed by atoms with Crippen LogP contribution in [-0.2, 0) is 6.61 Å². The van der Waals surface area contributed by atoms with Gasteiger partial charge in [0.25, 0.3) is 5.91 Å². The van der Waals surface area contributed by atoms with E-state index >= 15 is 0 Å². The fraction of sp³-hybridized carbons (Fsp3) is 0.333. The number of carbonyl (C=O) groups is 1. The van der Waals surface area contributed by atoms with Crippen molar-refractivity contribution in [2.24, 2.45) is 11.7 Å². The minimum atomic E-state index is 0. The molecule has 0 atom stereocenters. The van der Waals surface area contributed by atoms with Crippen molar-refractivity contribution in [2.75, 3.05) is 19.6 Å². The van der Waals surface area contributed by atoms with Crippen LogP contribution >= 0.6 is 24.8 Å². The highest BCUT2D eigenvalue weighted by molar-refractivity contribution is 5.94. The number of nitrogens with zero attached hydrogens (tertiary/aromatic N) is 3. The van der Waals surface area contributed by atoms with Gasteiger partial charge in [0, 0.05) is 31.0 Å². The number of nitrogens with two attached hydrogens (primary N) is 1. The van der Waals surface area contributed by atoms with Crippen molar-refractivity contribution < 1.29 is 9.53 Å². The zero-order chi connectivity index (χ0) is 18.6. The van der Waals surface area contributed by atoms with Crippen LogP contribution in [0.25, 0.3) is 5.65 Å². The molecule has 0 bridgehead atoms. The Bertz CT molecular complexity index is 906. The van der Waals surface area contributed by atoms with Crippen molar-refractivity contribution in [1.82, 2.24) is 14.3 Å². The Kier molecular flexibility index (Phi) is 8.32. The Morgan fingerprint density at radius 3 is 2.66 bits per heavy atom. The summed E-state index contributed by atoms with van der Waals surface area (Å²) in [4.78, 5) is 19.2. The standard InChI is InChI=1S/C21H24N4O2.2ClH/c22-13-16-7-10-24(11-8-16)21(26)17-4-3-5-19(12-17)27-15-18-14-25-9-2-1-6-20(25)23-18;;/h1-6,9,12,14,16H,7-8,10-11,13,15,22H2;2*1H. The summed E-state index contributed by atoms with van der Waals surface area (Å²) in [7, 11) is 0. The van der Waals surface area contributed by atoms with Crippen LogP contribution in [0.1, 0.15) is 28.9 Å². The molecule has 0 unspecified atom stereocenters. The second-order valence-corrected chi connectivity index (χ2v) is 6.99. The fourth-order valence-electron chi connectivity index (χ4n) is 3.49. The van der Waals surface area contributed by atoms with E-state index in [1.807, 2.05) is 64.2 Å². The Labute approximate surface area is 182 Å². The summed E-state index contributed by atoms with van der Waals surface area (Å²) < 4.78 is 7.83. The summed E-state index contributed by atoms with van der Waals surface area (Å²) in [5.41, 5.74) is 8.13. The van der Waals surface area contributed by atoms with Crippen LogP contribution in [0, 0.1) is 5.92 Å². The van der Waals surface area contributed by atoms with Crippen LogP contribution in [-0.4, -0.2) is 39.8 Å². The number of benzene rings is 1. The number of pyridine rings is 1. The molecule has 156 valence electrons. The van der Waals surface area contributed by atoms with Gasteiger partial charge in [-0.3, -0.25) is 4.79 Å². The second kappa shape index (κ2) is 10.5. The average molecular weight is 437 g/mol. The normalized spacial score (nSPS) is 14.2. The molecule has 0 aliphatic carbocycles. The SMILES string of the molecule is Cl.Cl.NCC1CCN(C(=O)c2cccc(OCc3cn4ccccc4n3)c2)CC1. The molecule has 1 fully saturated rings. The number of amides is 1. The molecule has 0 saturated carbocycles. The first-order chi connectivity index (χ1) is 13.2. The Morgan fingerprint density at radius 2 is 1.93 bits per heavy atom. The smallest absolute Gasteiger partial charge is 0.253 e. The maximum absolute atomic E-state index is 12.8. The van der Waals surface area contributed by atoms with Gasteiger partial charge in [0.05, 0.1) is 5.69 Å². The molecule has 3 heterocycles. The van der Waals surface area contributed by atoms with Gasteiger partial charge >= 0.3 is 0 Å². The molecule has 8 heteroatoms. The highest BCUT2D eigenvalue weighted by atomic mass is 35.5. The molecule has 1 saturated heterocycles. The zero-order valence-electron chi connectivity index (χ0n) is 16.1. The molecular weight excluding hydrogens is 411 g/mol. The van der Waals surface area contributed by atoms with Crippen molar-refractivity contribution >= 4 is 36.4 Å².